The molecule has 1 amide bonds. The average molecular weight is 244 g/mol. The number of nitrogens with one attached hydrogen (secondary N) is 1. The molecule has 0 saturated carbocycles. The first kappa shape index (κ1) is 12.2. The van der Waals surface area contributed by atoms with E-state index in [-0.39, 0.29) is 0 Å². The molecule has 0 atom stereocenters. The van der Waals surface area contributed by atoms with Crippen LogP contribution < -0.4 is 11.1 Å². The maximum atomic E-state index is 11.0. The molecule has 0 spiro atoms. The molecule has 0 aliphatic carbocycles. The van der Waals surface area contributed by atoms with Gasteiger partial charge in [-0.3, -0.25) is 4.79 Å². The molecule has 0 saturated heterocycles. The molecule has 2 aromatic rings. The van der Waals surface area contributed by atoms with Crippen LogP contribution in [0.15, 0.2) is 30.6 Å². The lowest BCUT2D eigenvalue weighted by atomic mass is 10.1. The fourth-order valence-electron chi connectivity index (χ4n) is 1.76. The maximum Gasteiger partial charge on any atom is 0.248 e. The van der Waals surface area contributed by atoms with Crippen molar-refractivity contribution in [3.05, 3.63) is 47.5 Å². The fourth-order valence-corrected chi connectivity index (χ4v) is 1.76. The molecule has 5 heteroatoms. The van der Waals surface area contributed by atoms with Gasteiger partial charge in [0, 0.05) is 30.7 Å². The Labute approximate surface area is 106 Å². The monoisotopic (exact) mass is 244 g/mol. The van der Waals surface area contributed by atoms with Crippen molar-refractivity contribution in [2.24, 2.45) is 12.8 Å². The standard InChI is InChI=1S/C13H16N4O/c1-9-7-10(13(14)18)3-4-11(9)16-8-12-15-5-6-17(12)2/h3-7,16H,8H2,1-2H3,(H2,14,18). The minimum atomic E-state index is -0.409. The summed E-state index contributed by atoms with van der Waals surface area (Å²) >= 11 is 0. The summed E-state index contributed by atoms with van der Waals surface area (Å²) in [5.74, 6) is 0.544. The number of amides is 1. The van der Waals surface area contributed by atoms with E-state index >= 15 is 0 Å². The zero-order chi connectivity index (χ0) is 13.1. The minimum Gasteiger partial charge on any atom is -0.378 e. The molecule has 0 radical (unpaired) electrons. The Balaban J connectivity index is 2.11. The van der Waals surface area contributed by atoms with Crippen LogP contribution in [0, 0.1) is 6.92 Å². The molecule has 5 nitrogen and oxygen atoms in total. The van der Waals surface area contributed by atoms with Gasteiger partial charge in [0.25, 0.3) is 0 Å². The van der Waals surface area contributed by atoms with Crippen LogP contribution in [0.2, 0.25) is 0 Å². The number of anilines is 1. The van der Waals surface area contributed by atoms with Gasteiger partial charge < -0.3 is 15.6 Å². The molecular formula is C13H16N4O. The number of nitrogens with zero attached hydrogens (tertiary/aromatic N) is 2. The average Bonchev–Trinajstić information content (AvgIpc) is 2.73. The Bertz CT molecular complexity index is 574. The summed E-state index contributed by atoms with van der Waals surface area (Å²) < 4.78 is 1.96. The van der Waals surface area contributed by atoms with E-state index in [2.05, 4.69) is 10.3 Å². The fraction of sp³-hybridized carbons (Fsp3) is 0.231. The largest absolute Gasteiger partial charge is 0.378 e. The van der Waals surface area contributed by atoms with Crippen LogP contribution in [0.4, 0.5) is 5.69 Å². The number of hydrogen-bond acceptors (Lipinski definition) is 3. The third kappa shape index (κ3) is 2.51. The van der Waals surface area contributed by atoms with Crippen molar-refractivity contribution in [2.45, 2.75) is 13.5 Å². The van der Waals surface area contributed by atoms with E-state index in [1.807, 2.05) is 30.8 Å². The molecule has 0 aliphatic rings. The van der Waals surface area contributed by atoms with Gasteiger partial charge in [-0.05, 0) is 30.7 Å². The third-order valence-electron chi connectivity index (χ3n) is 2.87. The lowest BCUT2D eigenvalue weighted by Crippen LogP contribution is -2.12. The molecule has 0 aliphatic heterocycles. The highest BCUT2D eigenvalue weighted by Gasteiger charge is 2.05. The summed E-state index contributed by atoms with van der Waals surface area (Å²) in [5, 5.41) is 3.29. The summed E-state index contributed by atoms with van der Waals surface area (Å²) in [6.07, 6.45) is 3.67. The second kappa shape index (κ2) is 4.91. The number of rotatable bonds is 4. The predicted molar refractivity (Wildman–Crippen MR) is 70.2 cm³/mol. The quantitative estimate of drug-likeness (QED) is 0.854. The van der Waals surface area contributed by atoms with E-state index in [1.54, 1.807) is 18.3 Å². The van der Waals surface area contributed by atoms with Crippen molar-refractivity contribution < 1.29 is 4.79 Å². The smallest absolute Gasteiger partial charge is 0.248 e. The van der Waals surface area contributed by atoms with Crippen molar-refractivity contribution >= 4 is 11.6 Å². The minimum absolute atomic E-state index is 0.409. The molecule has 0 unspecified atom stereocenters. The maximum absolute atomic E-state index is 11.0. The van der Waals surface area contributed by atoms with E-state index in [9.17, 15) is 4.79 Å². The predicted octanol–water partition coefficient (Wildman–Crippen LogP) is 1.44. The molecule has 18 heavy (non-hydrogen) atoms. The Morgan fingerprint density at radius 2 is 2.28 bits per heavy atom. The van der Waals surface area contributed by atoms with Gasteiger partial charge in [0.1, 0.15) is 5.82 Å². The molecule has 1 aromatic heterocycles. The van der Waals surface area contributed by atoms with Crippen molar-refractivity contribution in [3.8, 4) is 0 Å². The molecule has 0 bridgehead atoms. The van der Waals surface area contributed by atoms with Crippen LogP contribution in [0.5, 0.6) is 0 Å². The number of hydrogen-bond donors (Lipinski definition) is 2. The van der Waals surface area contributed by atoms with Gasteiger partial charge in [0.15, 0.2) is 0 Å². The second-order valence-corrected chi connectivity index (χ2v) is 4.20. The number of benzene rings is 1. The van der Waals surface area contributed by atoms with Crippen LogP contribution in [0.3, 0.4) is 0 Å². The van der Waals surface area contributed by atoms with Crippen LogP contribution in [-0.4, -0.2) is 15.5 Å². The number of carbonyl (C=O) groups is 1. The lowest BCUT2D eigenvalue weighted by Gasteiger charge is -2.10. The van der Waals surface area contributed by atoms with E-state index in [1.165, 1.54) is 0 Å². The van der Waals surface area contributed by atoms with E-state index in [0.717, 1.165) is 17.1 Å². The number of aryl methyl sites for hydroxylation is 2. The number of nitrogens with two attached hydrogens (primary N) is 1. The van der Waals surface area contributed by atoms with Crippen LogP contribution in [-0.2, 0) is 13.6 Å². The Hall–Kier alpha value is -2.30. The van der Waals surface area contributed by atoms with Crippen molar-refractivity contribution in [3.63, 3.8) is 0 Å². The Kier molecular flexibility index (Phi) is 3.32. The summed E-state index contributed by atoms with van der Waals surface area (Å²) in [4.78, 5) is 15.3. The number of imidazole rings is 1. The van der Waals surface area contributed by atoms with Crippen LogP contribution >= 0.6 is 0 Å². The molecule has 0 fully saturated rings. The highest BCUT2D eigenvalue weighted by molar-refractivity contribution is 5.93. The first-order chi connectivity index (χ1) is 8.58. The van der Waals surface area contributed by atoms with Crippen molar-refractivity contribution in [1.29, 1.82) is 0 Å². The molecule has 3 N–H and O–H groups in total. The topological polar surface area (TPSA) is 72.9 Å². The second-order valence-electron chi connectivity index (χ2n) is 4.20. The van der Waals surface area contributed by atoms with Gasteiger partial charge in [-0.2, -0.15) is 0 Å². The molecule has 94 valence electrons. The van der Waals surface area contributed by atoms with Gasteiger partial charge in [0.2, 0.25) is 5.91 Å². The zero-order valence-electron chi connectivity index (χ0n) is 10.5. The van der Waals surface area contributed by atoms with Gasteiger partial charge in [-0.1, -0.05) is 0 Å². The Morgan fingerprint density at radius 1 is 1.50 bits per heavy atom. The number of primary amides is 1. The van der Waals surface area contributed by atoms with Gasteiger partial charge >= 0.3 is 0 Å². The zero-order valence-corrected chi connectivity index (χ0v) is 10.5. The van der Waals surface area contributed by atoms with Gasteiger partial charge in [-0.15, -0.1) is 0 Å². The van der Waals surface area contributed by atoms with Crippen molar-refractivity contribution in [2.75, 3.05) is 5.32 Å². The number of aromatic nitrogens is 2. The lowest BCUT2D eigenvalue weighted by molar-refractivity contribution is 0.1000. The molecular weight excluding hydrogens is 228 g/mol. The van der Waals surface area contributed by atoms with Crippen LogP contribution in [0.1, 0.15) is 21.7 Å². The molecule has 1 aromatic carbocycles. The summed E-state index contributed by atoms with van der Waals surface area (Å²) in [5.41, 5.74) is 7.72. The third-order valence-corrected chi connectivity index (χ3v) is 2.87. The van der Waals surface area contributed by atoms with E-state index in [4.69, 9.17) is 5.73 Å². The van der Waals surface area contributed by atoms with E-state index in [0.29, 0.717) is 12.1 Å². The normalized spacial score (nSPS) is 10.3. The first-order valence-corrected chi connectivity index (χ1v) is 5.68. The summed E-state index contributed by atoms with van der Waals surface area (Å²) in [7, 11) is 1.95. The molecule has 2 rings (SSSR count). The summed E-state index contributed by atoms with van der Waals surface area (Å²) in [6.45, 7) is 2.58. The first-order valence-electron chi connectivity index (χ1n) is 5.68. The summed E-state index contributed by atoms with van der Waals surface area (Å²) in [6, 6.07) is 5.36. The van der Waals surface area contributed by atoms with Gasteiger partial charge in [-0.25, -0.2) is 4.98 Å². The highest BCUT2D eigenvalue weighted by atomic mass is 16.1. The van der Waals surface area contributed by atoms with Crippen molar-refractivity contribution in [1.82, 2.24) is 9.55 Å². The highest BCUT2D eigenvalue weighted by Crippen LogP contribution is 2.17. The van der Waals surface area contributed by atoms with E-state index < -0.39 is 5.91 Å². The Morgan fingerprint density at radius 3 is 2.83 bits per heavy atom. The SMILES string of the molecule is Cc1cc(C(N)=O)ccc1NCc1nccn1C. The number of carbonyl (C=O) groups excluding carboxylic acids is 1. The van der Waals surface area contributed by atoms with Gasteiger partial charge in [0.05, 0.1) is 6.54 Å². The molecule has 1 heterocycles. The van der Waals surface area contributed by atoms with Crippen LogP contribution in [0.25, 0.3) is 0 Å².